The molecule has 2 aromatic heterocycles. The average molecular weight is 314 g/mol. The minimum Gasteiger partial charge on any atom is -0.365 e. The van der Waals surface area contributed by atoms with E-state index in [4.69, 9.17) is 0 Å². The Hall–Kier alpha value is -2.41. The van der Waals surface area contributed by atoms with Gasteiger partial charge in [-0.3, -0.25) is 9.69 Å². The highest BCUT2D eigenvalue weighted by molar-refractivity contribution is 5.95. The van der Waals surface area contributed by atoms with Crippen molar-refractivity contribution in [2.24, 2.45) is 0 Å². The van der Waals surface area contributed by atoms with Gasteiger partial charge in [-0.25, -0.2) is 9.97 Å². The van der Waals surface area contributed by atoms with E-state index in [0.717, 1.165) is 49.9 Å². The van der Waals surface area contributed by atoms with Crippen LogP contribution in [0.3, 0.4) is 0 Å². The number of aryl methyl sites for hydroxylation is 1. The molecule has 3 heterocycles. The Labute approximate surface area is 135 Å². The first-order chi connectivity index (χ1) is 11.2. The molecule has 0 aliphatic carbocycles. The fourth-order valence-electron chi connectivity index (χ4n) is 2.75. The molecule has 1 fully saturated rings. The van der Waals surface area contributed by atoms with Crippen molar-refractivity contribution in [3.05, 3.63) is 42.0 Å². The Bertz CT molecular complexity index is 633. The van der Waals surface area contributed by atoms with Gasteiger partial charge in [0.05, 0.1) is 5.56 Å². The molecule has 0 radical (unpaired) electrons. The largest absolute Gasteiger partial charge is 0.365 e. The van der Waals surface area contributed by atoms with Crippen LogP contribution in [0.5, 0.6) is 0 Å². The van der Waals surface area contributed by atoms with Gasteiger partial charge in [0.15, 0.2) is 0 Å². The number of H-pyrrole nitrogens is 1. The Kier molecular flexibility index (Phi) is 4.87. The Balaban J connectivity index is 1.40. The standard InChI is InChI=1S/C16H22N6O/c1-13-14(3-6-17-13)15(23)18-7-8-21-9-11-22(12-10-21)16-19-4-2-5-20-16/h2-6,17H,7-12H2,1H3,(H,18,23). The summed E-state index contributed by atoms with van der Waals surface area (Å²) in [6.45, 7) is 7.15. The number of piperazine rings is 1. The monoisotopic (exact) mass is 314 g/mol. The van der Waals surface area contributed by atoms with Crippen molar-refractivity contribution in [2.45, 2.75) is 6.92 Å². The lowest BCUT2D eigenvalue weighted by molar-refractivity contribution is 0.0947. The van der Waals surface area contributed by atoms with Crippen LogP contribution in [0, 0.1) is 6.92 Å². The van der Waals surface area contributed by atoms with Crippen LogP contribution in [0.1, 0.15) is 16.1 Å². The van der Waals surface area contributed by atoms with Gasteiger partial charge >= 0.3 is 0 Å². The number of hydrogen-bond donors (Lipinski definition) is 2. The minimum absolute atomic E-state index is 0.0138. The summed E-state index contributed by atoms with van der Waals surface area (Å²) >= 11 is 0. The van der Waals surface area contributed by atoms with Crippen molar-refractivity contribution in [1.82, 2.24) is 25.2 Å². The quantitative estimate of drug-likeness (QED) is 0.848. The molecule has 0 aromatic carbocycles. The molecule has 7 heteroatoms. The van der Waals surface area contributed by atoms with Crippen molar-refractivity contribution in [1.29, 1.82) is 0 Å². The third-order valence-corrected chi connectivity index (χ3v) is 4.12. The molecule has 1 aliphatic rings. The second-order valence-electron chi connectivity index (χ2n) is 5.65. The molecular weight excluding hydrogens is 292 g/mol. The van der Waals surface area contributed by atoms with Gasteiger partial charge < -0.3 is 15.2 Å². The molecule has 23 heavy (non-hydrogen) atoms. The number of amides is 1. The summed E-state index contributed by atoms with van der Waals surface area (Å²) in [7, 11) is 0. The first-order valence-electron chi connectivity index (χ1n) is 7.90. The first kappa shape index (κ1) is 15.5. The molecule has 0 atom stereocenters. The van der Waals surface area contributed by atoms with Crippen molar-refractivity contribution >= 4 is 11.9 Å². The van der Waals surface area contributed by atoms with E-state index in [2.05, 4.69) is 30.1 Å². The third-order valence-electron chi connectivity index (χ3n) is 4.12. The number of anilines is 1. The van der Waals surface area contributed by atoms with Crippen LogP contribution in [0.4, 0.5) is 5.95 Å². The van der Waals surface area contributed by atoms with Crippen LogP contribution in [0.25, 0.3) is 0 Å². The van der Waals surface area contributed by atoms with Gasteiger partial charge in [-0.1, -0.05) is 0 Å². The van der Waals surface area contributed by atoms with Crippen LogP contribution in [-0.4, -0.2) is 65.0 Å². The Morgan fingerprint density at radius 2 is 2.00 bits per heavy atom. The van der Waals surface area contributed by atoms with Crippen LogP contribution >= 0.6 is 0 Å². The molecule has 3 rings (SSSR count). The summed E-state index contributed by atoms with van der Waals surface area (Å²) in [6, 6.07) is 3.64. The molecule has 0 saturated carbocycles. The molecule has 1 amide bonds. The molecule has 2 aromatic rings. The molecule has 0 unspecified atom stereocenters. The zero-order chi connectivity index (χ0) is 16.1. The van der Waals surface area contributed by atoms with Gasteiger partial charge in [-0.15, -0.1) is 0 Å². The number of aromatic amines is 1. The maximum atomic E-state index is 12.0. The lowest BCUT2D eigenvalue weighted by atomic mass is 10.2. The SMILES string of the molecule is Cc1[nH]ccc1C(=O)NCCN1CCN(c2ncccn2)CC1. The molecular formula is C16H22N6O. The number of carbonyl (C=O) groups excluding carboxylic acids is 1. The maximum absolute atomic E-state index is 12.0. The first-order valence-corrected chi connectivity index (χ1v) is 7.90. The number of nitrogens with zero attached hydrogens (tertiary/aromatic N) is 4. The molecule has 1 aliphatic heterocycles. The summed E-state index contributed by atoms with van der Waals surface area (Å²) in [5.74, 6) is 0.781. The smallest absolute Gasteiger partial charge is 0.253 e. The van der Waals surface area contributed by atoms with E-state index < -0.39 is 0 Å². The van der Waals surface area contributed by atoms with Gasteiger partial charge in [-0.05, 0) is 19.1 Å². The van der Waals surface area contributed by atoms with Gasteiger partial charge in [0, 0.05) is 63.6 Å². The average Bonchev–Trinajstić information content (AvgIpc) is 3.02. The Morgan fingerprint density at radius 3 is 2.65 bits per heavy atom. The lowest BCUT2D eigenvalue weighted by Crippen LogP contribution is -2.49. The lowest BCUT2D eigenvalue weighted by Gasteiger charge is -2.34. The van der Waals surface area contributed by atoms with Gasteiger partial charge in [0.1, 0.15) is 0 Å². The molecule has 2 N–H and O–H groups in total. The summed E-state index contributed by atoms with van der Waals surface area (Å²) in [5, 5.41) is 2.98. The van der Waals surface area contributed by atoms with Crippen LogP contribution in [-0.2, 0) is 0 Å². The van der Waals surface area contributed by atoms with E-state index in [1.807, 2.05) is 19.1 Å². The van der Waals surface area contributed by atoms with Crippen molar-refractivity contribution in [3.8, 4) is 0 Å². The molecule has 0 spiro atoms. The topological polar surface area (TPSA) is 77.2 Å². The van der Waals surface area contributed by atoms with E-state index >= 15 is 0 Å². The van der Waals surface area contributed by atoms with Crippen molar-refractivity contribution in [2.75, 3.05) is 44.2 Å². The summed E-state index contributed by atoms with van der Waals surface area (Å²) in [4.78, 5) is 28.2. The number of hydrogen-bond acceptors (Lipinski definition) is 5. The molecule has 0 bridgehead atoms. The van der Waals surface area contributed by atoms with Crippen molar-refractivity contribution in [3.63, 3.8) is 0 Å². The zero-order valence-corrected chi connectivity index (χ0v) is 13.3. The third kappa shape index (κ3) is 3.87. The Morgan fingerprint density at radius 1 is 1.26 bits per heavy atom. The van der Waals surface area contributed by atoms with Gasteiger partial charge in [0.25, 0.3) is 5.91 Å². The van der Waals surface area contributed by atoms with Crippen LogP contribution in [0.2, 0.25) is 0 Å². The maximum Gasteiger partial charge on any atom is 0.253 e. The summed E-state index contributed by atoms with van der Waals surface area (Å²) in [5.41, 5.74) is 1.62. The van der Waals surface area contributed by atoms with E-state index in [1.54, 1.807) is 18.6 Å². The normalized spacial score (nSPS) is 15.6. The van der Waals surface area contributed by atoms with E-state index in [-0.39, 0.29) is 5.91 Å². The van der Waals surface area contributed by atoms with Gasteiger partial charge in [-0.2, -0.15) is 0 Å². The van der Waals surface area contributed by atoms with E-state index in [9.17, 15) is 4.79 Å². The molecule has 7 nitrogen and oxygen atoms in total. The summed E-state index contributed by atoms with van der Waals surface area (Å²) in [6.07, 6.45) is 5.33. The predicted octanol–water partition coefficient (Wildman–Crippen LogP) is 0.665. The van der Waals surface area contributed by atoms with Crippen LogP contribution in [0.15, 0.2) is 30.7 Å². The highest BCUT2D eigenvalue weighted by atomic mass is 16.1. The van der Waals surface area contributed by atoms with E-state index in [0.29, 0.717) is 6.54 Å². The van der Waals surface area contributed by atoms with Crippen LogP contribution < -0.4 is 10.2 Å². The number of nitrogens with one attached hydrogen (secondary N) is 2. The second-order valence-corrected chi connectivity index (χ2v) is 5.65. The molecule has 122 valence electrons. The minimum atomic E-state index is -0.0138. The van der Waals surface area contributed by atoms with Crippen molar-refractivity contribution < 1.29 is 4.79 Å². The fraction of sp³-hybridized carbons (Fsp3) is 0.438. The fourth-order valence-corrected chi connectivity index (χ4v) is 2.75. The number of aromatic nitrogens is 3. The summed E-state index contributed by atoms with van der Waals surface area (Å²) < 4.78 is 0. The van der Waals surface area contributed by atoms with E-state index in [1.165, 1.54) is 0 Å². The van der Waals surface area contributed by atoms with Gasteiger partial charge in [0.2, 0.25) is 5.95 Å². The molecule has 1 saturated heterocycles. The highest BCUT2D eigenvalue weighted by Gasteiger charge is 2.18. The second kappa shape index (κ2) is 7.23. The number of carbonyl (C=O) groups is 1. The number of rotatable bonds is 5. The predicted molar refractivity (Wildman–Crippen MR) is 88.5 cm³/mol. The zero-order valence-electron chi connectivity index (χ0n) is 13.3. The highest BCUT2D eigenvalue weighted by Crippen LogP contribution is 2.09.